The Morgan fingerprint density at radius 2 is 1.62 bits per heavy atom. The average molecular weight is 231 g/mol. The van der Waals surface area contributed by atoms with Crippen molar-refractivity contribution in [1.82, 2.24) is 0 Å². The van der Waals surface area contributed by atoms with Gasteiger partial charge in [0.2, 0.25) is 0 Å². The molecule has 3 heteroatoms. The van der Waals surface area contributed by atoms with E-state index in [0.29, 0.717) is 5.02 Å². The van der Waals surface area contributed by atoms with Crippen molar-refractivity contribution in [3.8, 4) is 11.1 Å². The number of hydrogen-bond acceptors (Lipinski definition) is 1. The molecule has 0 aliphatic rings. The van der Waals surface area contributed by atoms with Gasteiger partial charge < -0.3 is 5.73 Å². The molecule has 0 radical (unpaired) electrons. The highest BCUT2D eigenvalue weighted by atomic mass is 35.5. The average Bonchev–Trinajstić information content (AvgIpc) is 2.30. The molecular weight excluding hydrogens is 220 g/mol. The number of hydrogen-bond donors (Lipinski definition) is 2. The highest BCUT2D eigenvalue weighted by Gasteiger charge is 2.06. The number of halogens is 1. The molecule has 2 nitrogen and oxygen atoms in total. The molecule has 0 saturated heterocycles. The smallest absolute Gasteiger partial charge is 0.123 e. The molecule has 0 saturated carbocycles. The zero-order chi connectivity index (χ0) is 11.5. The van der Waals surface area contributed by atoms with Gasteiger partial charge in [-0.05, 0) is 23.3 Å². The Morgan fingerprint density at radius 3 is 2.25 bits per heavy atom. The zero-order valence-electron chi connectivity index (χ0n) is 8.57. The zero-order valence-corrected chi connectivity index (χ0v) is 9.33. The second-order valence-corrected chi connectivity index (χ2v) is 3.90. The Labute approximate surface area is 99.2 Å². The van der Waals surface area contributed by atoms with Crippen molar-refractivity contribution in [2.45, 2.75) is 0 Å². The third kappa shape index (κ3) is 2.07. The number of nitrogens with one attached hydrogen (secondary N) is 1. The van der Waals surface area contributed by atoms with E-state index in [1.807, 2.05) is 48.5 Å². The second-order valence-electron chi connectivity index (χ2n) is 3.47. The van der Waals surface area contributed by atoms with E-state index >= 15 is 0 Å². The molecule has 0 heterocycles. The van der Waals surface area contributed by atoms with Gasteiger partial charge in [0.25, 0.3) is 0 Å². The number of rotatable bonds is 2. The first-order valence-electron chi connectivity index (χ1n) is 4.88. The number of benzene rings is 2. The summed E-state index contributed by atoms with van der Waals surface area (Å²) in [5, 5.41) is 8.22. The molecule has 0 aliphatic carbocycles. The normalized spacial score (nSPS) is 10.1. The van der Waals surface area contributed by atoms with Crippen molar-refractivity contribution < 1.29 is 0 Å². The summed E-state index contributed by atoms with van der Waals surface area (Å²) in [5.74, 6) is 0.0746. The summed E-state index contributed by atoms with van der Waals surface area (Å²) in [5.41, 5.74) is 8.24. The molecule has 0 bridgehead atoms. The maximum atomic E-state index is 7.52. The van der Waals surface area contributed by atoms with E-state index in [0.717, 1.165) is 16.7 Å². The number of amidine groups is 1. The summed E-state index contributed by atoms with van der Waals surface area (Å²) >= 11 is 5.83. The van der Waals surface area contributed by atoms with E-state index in [1.165, 1.54) is 0 Å². The minimum atomic E-state index is 0.0746. The summed E-state index contributed by atoms with van der Waals surface area (Å²) in [7, 11) is 0. The maximum Gasteiger partial charge on any atom is 0.123 e. The van der Waals surface area contributed by atoms with Crippen LogP contribution >= 0.6 is 11.6 Å². The summed E-state index contributed by atoms with van der Waals surface area (Å²) in [6.07, 6.45) is 0. The minimum absolute atomic E-state index is 0.0746. The maximum absolute atomic E-state index is 7.52. The Morgan fingerprint density at radius 1 is 1.00 bits per heavy atom. The summed E-state index contributed by atoms with van der Waals surface area (Å²) in [6, 6.07) is 15.1. The predicted octanol–water partition coefficient (Wildman–Crippen LogP) is 3.29. The summed E-state index contributed by atoms with van der Waals surface area (Å²) in [6.45, 7) is 0. The Kier molecular flexibility index (Phi) is 2.93. The van der Waals surface area contributed by atoms with Gasteiger partial charge in [0.1, 0.15) is 5.84 Å². The van der Waals surface area contributed by atoms with E-state index in [-0.39, 0.29) is 5.84 Å². The highest BCUT2D eigenvalue weighted by Crippen LogP contribution is 2.24. The van der Waals surface area contributed by atoms with Crippen LogP contribution in [-0.2, 0) is 0 Å². The van der Waals surface area contributed by atoms with Gasteiger partial charge in [-0.15, -0.1) is 0 Å². The standard InChI is InChI=1S/C13H11ClN2/c14-10-7-5-9(6-8-10)11-3-1-2-4-12(11)13(15)16/h1-8H,(H3,15,16). The lowest BCUT2D eigenvalue weighted by Crippen LogP contribution is -2.12. The Bertz CT molecular complexity index is 518. The van der Waals surface area contributed by atoms with E-state index < -0.39 is 0 Å². The Balaban J connectivity index is 2.55. The fraction of sp³-hybridized carbons (Fsp3) is 0. The van der Waals surface area contributed by atoms with Crippen molar-refractivity contribution in [3.63, 3.8) is 0 Å². The van der Waals surface area contributed by atoms with Crippen LogP contribution in [0.3, 0.4) is 0 Å². The number of nitrogens with two attached hydrogens (primary N) is 1. The van der Waals surface area contributed by atoms with E-state index in [2.05, 4.69) is 0 Å². The van der Waals surface area contributed by atoms with Crippen LogP contribution in [0.15, 0.2) is 48.5 Å². The third-order valence-electron chi connectivity index (χ3n) is 2.37. The van der Waals surface area contributed by atoms with Crippen LogP contribution in [-0.4, -0.2) is 5.84 Å². The van der Waals surface area contributed by atoms with Gasteiger partial charge in [-0.25, -0.2) is 0 Å². The summed E-state index contributed by atoms with van der Waals surface area (Å²) < 4.78 is 0. The predicted molar refractivity (Wildman–Crippen MR) is 67.9 cm³/mol. The Hall–Kier alpha value is -1.80. The van der Waals surface area contributed by atoms with Gasteiger partial charge in [0.15, 0.2) is 0 Å². The van der Waals surface area contributed by atoms with Gasteiger partial charge in [0.05, 0.1) is 0 Å². The van der Waals surface area contributed by atoms with Gasteiger partial charge in [0, 0.05) is 10.6 Å². The van der Waals surface area contributed by atoms with Gasteiger partial charge in [-0.2, -0.15) is 0 Å². The largest absolute Gasteiger partial charge is 0.384 e. The highest BCUT2D eigenvalue weighted by molar-refractivity contribution is 6.30. The molecule has 16 heavy (non-hydrogen) atoms. The first-order chi connectivity index (χ1) is 7.68. The van der Waals surface area contributed by atoms with Crippen molar-refractivity contribution in [1.29, 1.82) is 5.41 Å². The van der Waals surface area contributed by atoms with Crippen LogP contribution in [0.25, 0.3) is 11.1 Å². The van der Waals surface area contributed by atoms with E-state index in [4.69, 9.17) is 22.7 Å². The molecule has 3 N–H and O–H groups in total. The topological polar surface area (TPSA) is 49.9 Å². The lowest BCUT2D eigenvalue weighted by molar-refractivity contribution is 1.42. The monoisotopic (exact) mass is 230 g/mol. The van der Waals surface area contributed by atoms with Gasteiger partial charge in [-0.1, -0.05) is 48.0 Å². The molecule has 2 rings (SSSR count). The molecule has 0 atom stereocenters. The van der Waals surface area contributed by atoms with Gasteiger partial charge >= 0.3 is 0 Å². The minimum Gasteiger partial charge on any atom is -0.384 e. The van der Waals surface area contributed by atoms with E-state index in [1.54, 1.807) is 0 Å². The molecule has 0 amide bonds. The van der Waals surface area contributed by atoms with Crippen molar-refractivity contribution in [2.75, 3.05) is 0 Å². The van der Waals surface area contributed by atoms with Crippen molar-refractivity contribution in [3.05, 3.63) is 59.1 Å². The van der Waals surface area contributed by atoms with Crippen molar-refractivity contribution in [2.24, 2.45) is 5.73 Å². The molecule has 0 fully saturated rings. The van der Waals surface area contributed by atoms with E-state index in [9.17, 15) is 0 Å². The van der Waals surface area contributed by atoms with Crippen LogP contribution in [0.1, 0.15) is 5.56 Å². The van der Waals surface area contributed by atoms with Gasteiger partial charge in [-0.3, -0.25) is 5.41 Å². The molecule has 2 aromatic rings. The molecular formula is C13H11ClN2. The SMILES string of the molecule is N=C(N)c1ccccc1-c1ccc(Cl)cc1. The van der Waals surface area contributed by atoms with Crippen LogP contribution in [0.4, 0.5) is 0 Å². The molecule has 2 aromatic carbocycles. The quantitative estimate of drug-likeness (QED) is 0.604. The van der Waals surface area contributed by atoms with Crippen LogP contribution in [0.5, 0.6) is 0 Å². The fourth-order valence-electron chi connectivity index (χ4n) is 1.60. The van der Waals surface area contributed by atoms with Crippen molar-refractivity contribution >= 4 is 17.4 Å². The van der Waals surface area contributed by atoms with Crippen LogP contribution in [0.2, 0.25) is 5.02 Å². The first kappa shape index (κ1) is 10.7. The second kappa shape index (κ2) is 4.37. The van der Waals surface area contributed by atoms with Crippen LogP contribution in [0, 0.1) is 5.41 Å². The molecule has 80 valence electrons. The lowest BCUT2D eigenvalue weighted by atomic mass is 9.99. The molecule has 0 aliphatic heterocycles. The third-order valence-corrected chi connectivity index (χ3v) is 2.62. The first-order valence-corrected chi connectivity index (χ1v) is 5.25. The molecule has 0 unspecified atom stereocenters. The number of nitrogen functional groups attached to an aromatic ring is 1. The van der Waals surface area contributed by atoms with Crippen LogP contribution < -0.4 is 5.73 Å². The lowest BCUT2D eigenvalue weighted by Gasteiger charge is -2.07. The fourth-order valence-corrected chi connectivity index (χ4v) is 1.73. The summed E-state index contributed by atoms with van der Waals surface area (Å²) in [4.78, 5) is 0. The molecule has 0 aromatic heterocycles. The molecule has 0 spiro atoms.